The smallest absolute Gasteiger partial charge is 0.545 e. The Morgan fingerprint density at radius 2 is 0.605 bits per heavy atom. The molecule has 6 rings (SSSR count). The monoisotopic (exact) mass is 730 g/mol. The zero-order chi connectivity index (χ0) is 30.4. The molecule has 0 heterocycles. The number of hydrogen-bond acceptors (Lipinski definition) is 6. The number of carboxylic acid groups (broad SMARTS) is 3. The molecule has 0 unspecified atom stereocenters. The van der Waals surface area contributed by atoms with Gasteiger partial charge in [0.1, 0.15) is 0 Å². The van der Waals surface area contributed by atoms with Gasteiger partial charge in [-0.15, -0.1) is 0 Å². The van der Waals surface area contributed by atoms with Crippen LogP contribution in [0.15, 0.2) is 109 Å². The second-order valence-corrected chi connectivity index (χ2v) is 10.0. The number of aromatic carboxylic acids is 3. The van der Waals surface area contributed by atoms with Crippen LogP contribution in [-0.4, -0.2) is 43.8 Å². The third-order valence-corrected chi connectivity index (χ3v) is 7.17. The van der Waals surface area contributed by atoms with E-state index in [4.69, 9.17) is 34.8 Å². The molecule has 0 saturated carbocycles. The molecule has 0 aliphatic rings. The molecule has 0 spiro atoms. The van der Waals surface area contributed by atoms with Crippen LogP contribution in [-0.2, 0) is 0 Å². The van der Waals surface area contributed by atoms with E-state index in [1.165, 1.54) is 18.2 Å². The maximum atomic E-state index is 10.8. The van der Waals surface area contributed by atoms with Crippen molar-refractivity contribution in [1.82, 2.24) is 0 Å². The summed E-state index contributed by atoms with van der Waals surface area (Å²) in [6, 6.07) is 30.7. The third kappa shape index (κ3) is 7.80. The number of fused-ring (bicyclic) bond motifs is 3. The predicted octanol–water partition coefficient (Wildman–Crippen LogP) is 5.19. The molecule has 0 N–H and O–H groups in total. The summed E-state index contributed by atoms with van der Waals surface area (Å²) in [5.41, 5.74) is 0.398. The van der Waals surface area contributed by atoms with Gasteiger partial charge >= 0.3 is 25.8 Å². The molecule has 6 aromatic rings. The fourth-order valence-electron chi connectivity index (χ4n) is 4.40. The molecule has 10 heteroatoms. The minimum absolute atomic E-state index is 0. The fraction of sp³-hybridized carbons (Fsp3) is 0. The van der Waals surface area contributed by atoms with Crippen molar-refractivity contribution in [3.63, 3.8) is 0 Å². The first-order valence-corrected chi connectivity index (χ1v) is 13.4. The zero-order valence-electron chi connectivity index (χ0n) is 22.1. The Morgan fingerprint density at radius 3 is 0.814 bits per heavy atom. The first-order chi connectivity index (χ1) is 20.1. The van der Waals surface area contributed by atoms with E-state index in [1.807, 2.05) is 36.4 Å². The maximum Gasteiger partial charge on any atom is 3.00 e. The molecule has 0 fully saturated rings. The summed E-state index contributed by atoms with van der Waals surface area (Å²) < 4.78 is 0. The maximum absolute atomic E-state index is 10.8. The van der Waals surface area contributed by atoms with Crippen LogP contribution in [0.1, 0.15) is 31.1 Å². The summed E-state index contributed by atoms with van der Waals surface area (Å²) >= 11 is 17.7. The summed E-state index contributed by atoms with van der Waals surface area (Å²) in [6.45, 7) is 0. The minimum Gasteiger partial charge on any atom is -0.545 e. The first-order valence-electron chi connectivity index (χ1n) is 12.3. The molecule has 0 amide bonds. The Balaban J connectivity index is 0.000000175. The van der Waals surface area contributed by atoms with Crippen molar-refractivity contribution in [2.75, 3.05) is 0 Å². The van der Waals surface area contributed by atoms with Crippen LogP contribution in [0.2, 0.25) is 15.1 Å². The Bertz CT molecular complexity index is 1730. The zero-order valence-corrected chi connectivity index (χ0v) is 27.6. The van der Waals surface area contributed by atoms with Crippen LogP contribution in [0.4, 0.5) is 0 Å². The number of rotatable bonds is 3. The van der Waals surface area contributed by atoms with Crippen LogP contribution in [0, 0.1) is 0 Å². The van der Waals surface area contributed by atoms with Gasteiger partial charge < -0.3 is 29.7 Å². The normalized spacial score (nSPS) is 10.1. The Kier molecular flexibility index (Phi) is 11.9. The van der Waals surface area contributed by atoms with Crippen molar-refractivity contribution in [3.05, 3.63) is 141 Å². The average Bonchev–Trinajstić information content (AvgIpc) is 2.97. The molecule has 0 saturated heterocycles. The SMILES string of the molecule is O=C([O-])c1cccc2cccc(Cl)c12.O=C([O-])c1cccc2cccc(Cl)c12.O=C([O-])c1cccc2cccc(Cl)c12.[In+3]. The number of halogens is 3. The quantitative estimate of drug-likeness (QED) is 0.247. The van der Waals surface area contributed by atoms with Crippen LogP contribution in [0.5, 0.6) is 0 Å². The average molecular weight is 732 g/mol. The molecular formula is C33H18Cl3InO6. The largest absolute Gasteiger partial charge is 3.00 e. The van der Waals surface area contributed by atoms with E-state index in [9.17, 15) is 29.7 Å². The molecule has 6 nitrogen and oxygen atoms in total. The fourth-order valence-corrected chi connectivity index (χ4v) is 5.25. The van der Waals surface area contributed by atoms with Gasteiger partial charge in [0.15, 0.2) is 0 Å². The van der Waals surface area contributed by atoms with E-state index in [0.29, 0.717) is 31.2 Å². The molecule has 0 aromatic heterocycles. The number of carbonyl (C=O) groups is 3. The van der Waals surface area contributed by atoms with Crippen LogP contribution in [0.3, 0.4) is 0 Å². The Hall–Kier alpha value is -3.75. The van der Waals surface area contributed by atoms with Crippen molar-refractivity contribution in [3.8, 4) is 0 Å². The van der Waals surface area contributed by atoms with Gasteiger partial charge in [-0.3, -0.25) is 0 Å². The topological polar surface area (TPSA) is 120 Å². The number of carbonyl (C=O) groups excluding carboxylic acids is 3. The molecule has 0 radical (unpaired) electrons. The van der Waals surface area contributed by atoms with E-state index in [2.05, 4.69) is 0 Å². The van der Waals surface area contributed by atoms with Crippen molar-refractivity contribution in [2.24, 2.45) is 0 Å². The van der Waals surface area contributed by atoms with E-state index < -0.39 is 17.9 Å². The van der Waals surface area contributed by atoms with Gasteiger partial charge in [0, 0.05) is 47.9 Å². The van der Waals surface area contributed by atoms with E-state index in [0.717, 1.165) is 16.2 Å². The van der Waals surface area contributed by atoms with Crippen LogP contribution < -0.4 is 15.3 Å². The Labute approximate surface area is 279 Å². The molecule has 0 atom stereocenters. The second kappa shape index (κ2) is 15.1. The van der Waals surface area contributed by atoms with Crippen molar-refractivity contribution in [1.29, 1.82) is 0 Å². The molecular weight excluding hydrogens is 714 g/mol. The van der Waals surface area contributed by atoms with Crippen LogP contribution >= 0.6 is 34.8 Å². The molecule has 6 aromatic carbocycles. The minimum atomic E-state index is -1.20. The van der Waals surface area contributed by atoms with Gasteiger partial charge in [-0.05, 0) is 34.4 Å². The summed E-state index contributed by atoms with van der Waals surface area (Å²) in [5.74, 6) is -3.61. The summed E-state index contributed by atoms with van der Waals surface area (Å²) in [5, 5.41) is 37.7. The van der Waals surface area contributed by atoms with E-state index in [1.54, 1.807) is 54.6 Å². The van der Waals surface area contributed by atoms with Gasteiger partial charge in [-0.25, -0.2) is 0 Å². The molecule has 0 aliphatic carbocycles. The summed E-state index contributed by atoms with van der Waals surface area (Å²) in [7, 11) is 0. The van der Waals surface area contributed by atoms with Crippen LogP contribution in [0.25, 0.3) is 32.3 Å². The number of benzene rings is 6. The predicted molar refractivity (Wildman–Crippen MR) is 166 cm³/mol. The first kappa shape index (κ1) is 33.7. The second-order valence-electron chi connectivity index (χ2n) is 8.79. The van der Waals surface area contributed by atoms with Gasteiger partial charge in [-0.2, -0.15) is 0 Å². The standard InChI is InChI=1S/3C11H7ClO2.In/c3*12-9-6-2-4-7-3-1-5-8(10(7)9)11(13)14;/h3*1-6H,(H,13,14);/q;;;+3/p-3. The van der Waals surface area contributed by atoms with Crippen molar-refractivity contribution >= 4 is 111 Å². The van der Waals surface area contributed by atoms with Gasteiger partial charge in [0.05, 0.1) is 17.9 Å². The molecule has 43 heavy (non-hydrogen) atoms. The summed E-state index contributed by atoms with van der Waals surface area (Å²) in [4.78, 5) is 32.4. The molecule has 0 aliphatic heterocycles. The number of carboxylic acids is 3. The van der Waals surface area contributed by atoms with Crippen molar-refractivity contribution in [2.45, 2.75) is 0 Å². The third-order valence-electron chi connectivity index (χ3n) is 6.22. The molecule has 0 bridgehead atoms. The van der Waals surface area contributed by atoms with Crippen molar-refractivity contribution < 1.29 is 29.7 Å². The van der Waals surface area contributed by atoms with Gasteiger partial charge in [0.2, 0.25) is 0 Å². The Morgan fingerprint density at radius 1 is 0.395 bits per heavy atom. The molecule has 210 valence electrons. The van der Waals surface area contributed by atoms with Gasteiger partial charge in [0.25, 0.3) is 0 Å². The van der Waals surface area contributed by atoms with E-state index >= 15 is 0 Å². The number of hydrogen-bond donors (Lipinski definition) is 0. The van der Waals surface area contributed by atoms with Gasteiger partial charge in [-0.1, -0.05) is 126 Å². The van der Waals surface area contributed by atoms with E-state index in [-0.39, 0.29) is 42.5 Å². The summed E-state index contributed by atoms with van der Waals surface area (Å²) in [6.07, 6.45) is 0.